The molecular formula is C21H27N5O2. The number of amides is 1. The van der Waals surface area contributed by atoms with Crippen molar-refractivity contribution < 1.29 is 9.53 Å². The Kier molecular flexibility index (Phi) is 5.35. The molecule has 28 heavy (non-hydrogen) atoms. The van der Waals surface area contributed by atoms with Gasteiger partial charge >= 0.3 is 0 Å². The first-order valence-electron chi connectivity index (χ1n) is 10.0. The van der Waals surface area contributed by atoms with Gasteiger partial charge < -0.3 is 10.1 Å². The van der Waals surface area contributed by atoms with E-state index in [2.05, 4.69) is 34.1 Å². The molecule has 1 amide bonds. The third-order valence-corrected chi connectivity index (χ3v) is 5.52. The van der Waals surface area contributed by atoms with E-state index in [4.69, 9.17) is 9.72 Å². The lowest BCUT2D eigenvalue weighted by Gasteiger charge is -2.36. The predicted molar refractivity (Wildman–Crippen MR) is 104 cm³/mol. The number of hydrogen-bond acceptors (Lipinski definition) is 6. The van der Waals surface area contributed by atoms with Crippen LogP contribution in [0.25, 0.3) is 11.5 Å². The Hall–Kier alpha value is -2.41. The van der Waals surface area contributed by atoms with Crippen molar-refractivity contribution in [1.29, 1.82) is 0 Å². The lowest BCUT2D eigenvalue weighted by molar-refractivity contribution is -0.122. The fourth-order valence-electron chi connectivity index (χ4n) is 4.14. The first-order valence-corrected chi connectivity index (χ1v) is 10.0. The van der Waals surface area contributed by atoms with E-state index in [1.165, 1.54) is 0 Å². The second-order valence-corrected chi connectivity index (χ2v) is 8.53. The molecule has 1 aliphatic heterocycles. The second kappa shape index (κ2) is 7.91. The number of rotatable bonds is 5. The Labute approximate surface area is 165 Å². The Morgan fingerprint density at radius 3 is 2.93 bits per heavy atom. The van der Waals surface area contributed by atoms with Gasteiger partial charge in [0.25, 0.3) is 0 Å². The quantitative estimate of drug-likeness (QED) is 0.856. The number of nitrogens with zero attached hydrogens (tertiary/aromatic N) is 4. The summed E-state index contributed by atoms with van der Waals surface area (Å²) in [5.74, 6) is 0.648. The van der Waals surface area contributed by atoms with Crippen LogP contribution >= 0.6 is 0 Å². The van der Waals surface area contributed by atoms with Gasteiger partial charge in [-0.15, -0.1) is 0 Å². The van der Waals surface area contributed by atoms with Crippen molar-refractivity contribution >= 4 is 5.91 Å². The summed E-state index contributed by atoms with van der Waals surface area (Å²) in [6.07, 6.45) is 12.2. The molecule has 148 valence electrons. The summed E-state index contributed by atoms with van der Waals surface area (Å²) >= 11 is 0. The number of hydrogen-bond donors (Lipinski definition) is 1. The van der Waals surface area contributed by atoms with Crippen LogP contribution in [-0.4, -0.2) is 38.6 Å². The lowest BCUT2D eigenvalue weighted by atomic mass is 9.74. The average Bonchev–Trinajstić information content (AvgIpc) is 3.19. The van der Waals surface area contributed by atoms with Crippen LogP contribution < -0.4 is 5.32 Å². The van der Waals surface area contributed by atoms with Crippen molar-refractivity contribution in [2.24, 2.45) is 5.41 Å². The molecule has 0 radical (unpaired) electrons. The highest BCUT2D eigenvalue weighted by atomic mass is 16.5. The predicted octanol–water partition coefficient (Wildman–Crippen LogP) is 3.02. The van der Waals surface area contributed by atoms with E-state index >= 15 is 0 Å². The summed E-state index contributed by atoms with van der Waals surface area (Å²) < 4.78 is 5.63. The summed E-state index contributed by atoms with van der Waals surface area (Å²) in [5.41, 5.74) is 2.70. The van der Waals surface area contributed by atoms with Crippen LogP contribution in [0.2, 0.25) is 0 Å². The summed E-state index contributed by atoms with van der Waals surface area (Å²) in [4.78, 5) is 30.2. The number of fused-ring (bicyclic) bond motifs is 1. The molecule has 7 nitrogen and oxygen atoms in total. The van der Waals surface area contributed by atoms with Gasteiger partial charge in [-0.25, -0.2) is 15.0 Å². The Balaban J connectivity index is 1.50. The van der Waals surface area contributed by atoms with Gasteiger partial charge in [0.05, 0.1) is 24.0 Å². The average molecular weight is 381 g/mol. The summed E-state index contributed by atoms with van der Waals surface area (Å²) in [6, 6.07) is -0.0633. The Bertz CT molecular complexity index is 834. The summed E-state index contributed by atoms with van der Waals surface area (Å²) in [5, 5.41) is 3.21. The van der Waals surface area contributed by atoms with E-state index in [1.54, 1.807) is 18.6 Å². The standard InChI is InChI=1S/C21H27N5O2/c1-21(2)10-16(25-19(27)6-5-14-4-3-9-28-14)15-12-24-20(26-17(15)11-21)18-13-22-7-8-23-18/h7-8,12-14,16H,3-6,9-11H2,1-2H3,(H,25,27)/t14-,16+/m0/s1. The molecule has 0 aromatic carbocycles. The van der Waals surface area contributed by atoms with Crippen LogP contribution in [0.15, 0.2) is 24.8 Å². The van der Waals surface area contributed by atoms with Crippen LogP contribution in [-0.2, 0) is 16.0 Å². The van der Waals surface area contributed by atoms with E-state index in [0.29, 0.717) is 17.9 Å². The van der Waals surface area contributed by atoms with Crippen LogP contribution in [0.3, 0.4) is 0 Å². The van der Waals surface area contributed by atoms with Crippen LogP contribution in [0.4, 0.5) is 0 Å². The fourth-order valence-corrected chi connectivity index (χ4v) is 4.14. The van der Waals surface area contributed by atoms with Crippen molar-refractivity contribution in [3.8, 4) is 11.5 Å². The molecule has 2 aliphatic rings. The summed E-state index contributed by atoms with van der Waals surface area (Å²) in [7, 11) is 0. The van der Waals surface area contributed by atoms with Crippen LogP contribution in [0.1, 0.15) is 63.3 Å². The van der Waals surface area contributed by atoms with Crippen LogP contribution in [0.5, 0.6) is 0 Å². The number of aromatic nitrogens is 4. The monoisotopic (exact) mass is 381 g/mol. The van der Waals surface area contributed by atoms with Gasteiger partial charge in [-0.1, -0.05) is 13.8 Å². The molecule has 1 aliphatic carbocycles. The van der Waals surface area contributed by atoms with Crippen molar-refractivity contribution in [3.05, 3.63) is 36.0 Å². The van der Waals surface area contributed by atoms with Gasteiger partial charge in [0, 0.05) is 37.2 Å². The van der Waals surface area contributed by atoms with Crippen molar-refractivity contribution in [1.82, 2.24) is 25.3 Å². The molecule has 2 aromatic heterocycles. The maximum absolute atomic E-state index is 12.6. The van der Waals surface area contributed by atoms with Gasteiger partial charge in [-0.05, 0) is 37.5 Å². The molecule has 4 rings (SSSR count). The van der Waals surface area contributed by atoms with E-state index in [0.717, 1.165) is 50.0 Å². The van der Waals surface area contributed by atoms with Crippen molar-refractivity contribution in [2.75, 3.05) is 6.61 Å². The minimum atomic E-state index is -0.0633. The third kappa shape index (κ3) is 4.35. The normalized spacial score (nSPS) is 23.2. The van der Waals surface area contributed by atoms with E-state index in [1.807, 2.05) is 6.20 Å². The molecule has 0 unspecified atom stereocenters. The minimum absolute atomic E-state index is 0.0491. The number of nitrogens with one attached hydrogen (secondary N) is 1. The van der Waals surface area contributed by atoms with Gasteiger partial charge in [-0.3, -0.25) is 9.78 Å². The summed E-state index contributed by atoms with van der Waals surface area (Å²) in [6.45, 7) is 5.25. The smallest absolute Gasteiger partial charge is 0.220 e. The zero-order valence-corrected chi connectivity index (χ0v) is 16.5. The zero-order chi connectivity index (χ0) is 19.6. The maximum atomic E-state index is 12.6. The SMILES string of the molecule is CC1(C)Cc2nc(-c3cnccn3)ncc2[C@H](NC(=O)CC[C@@H]2CCCO2)C1. The molecule has 7 heteroatoms. The van der Waals surface area contributed by atoms with Gasteiger partial charge in [0.1, 0.15) is 5.69 Å². The zero-order valence-electron chi connectivity index (χ0n) is 16.5. The fraction of sp³-hybridized carbons (Fsp3) is 0.571. The minimum Gasteiger partial charge on any atom is -0.378 e. The molecule has 0 spiro atoms. The largest absolute Gasteiger partial charge is 0.378 e. The lowest BCUT2D eigenvalue weighted by Crippen LogP contribution is -2.37. The molecule has 0 bridgehead atoms. The van der Waals surface area contributed by atoms with Crippen molar-refractivity contribution in [2.45, 2.75) is 64.5 Å². The van der Waals surface area contributed by atoms with E-state index in [-0.39, 0.29) is 23.5 Å². The molecule has 3 heterocycles. The Morgan fingerprint density at radius 1 is 1.29 bits per heavy atom. The van der Waals surface area contributed by atoms with Gasteiger partial charge in [-0.2, -0.15) is 0 Å². The topological polar surface area (TPSA) is 89.9 Å². The van der Waals surface area contributed by atoms with Gasteiger partial charge in [0.15, 0.2) is 5.82 Å². The molecule has 2 atom stereocenters. The molecular weight excluding hydrogens is 354 g/mol. The number of carbonyl (C=O) groups excluding carboxylic acids is 1. The second-order valence-electron chi connectivity index (χ2n) is 8.53. The molecule has 2 aromatic rings. The highest BCUT2D eigenvalue weighted by Crippen LogP contribution is 2.40. The van der Waals surface area contributed by atoms with Crippen LogP contribution in [0, 0.1) is 5.41 Å². The maximum Gasteiger partial charge on any atom is 0.220 e. The molecule has 1 fully saturated rings. The highest BCUT2D eigenvalue weighted by Gasteiger charge is 2.34. The van der Waals surface area contributed by atoms with Crippen molar-refractivity contribution in [3.63, 3.8) is 0 Å². The number of carbonyl (C=O) groups is 1. The third-order valence-electron chi connectivity index (χ3n) is 5.52. The highest BCUT2D eigenvalue weighted by molar-refractivity contribution is 5.76. The first-order chi connectivity index (χ1) is 13.5. The number of ether oxygens (including phenoxy) is 1. The van der Waals surface area contributed by atoms with Gasteiger partial charge in [0.2, 0.25) is 5.91 Å². The molecule has 1 N–H and O–H groups in total. The molecule has 1 saturated heterocycles. The Morgan fingerprint density at radius 2 is 2.18 bits per heavy atom. The molecule has 0 saturated carbocycles. The van der Waals surface area contributed by atoms with E-state index in [9.17, 15) is 4.79 Å². The van der Waals surface area contributed by atoms with E-state index < -0.39 is 0 Å². The first kappa shape index (κ1) is 18.9.